The van der Waals surface area contributed by atoms with Crippen LogP contribution in [-0.2, 0) is 10.0 Å². The zero-order valence-corrected chi connectivity index (χ0v) is 28.3. The fourth-order valence-corrected chi connectivity index (χ4v) is 5.77. The summed E-state index contributed by atoms with van der Waals surface area (Å²) in [7, 11) is -4.01. The van der Waals surface area contributed by atoms with Gasteiger partial charge in [-0.25, -0.2) is 0 Å². The van der Waals surface area contributed by atoms with E-state index in [0.717, 1.165) is 37.7 Å². The monoisotopic (exact) mass is 651 g/mol. The third-order valence-electron chi connectivity index (χ3n) is 7.67. The molecular weight excluding hydrogens is 602 g/mol. The van der Waals surface area contributed by atoms with Crippen LogP contribution in [-0.4, -0.2) is 32.3 Å². The first kappa shape index (κ1) is 36.5. The van der Waals surface area contributed by atoms with E-state index in [2.05, 4.69) is 23.8 Å². The molecule has 0 saturated carbocycles. The lowest BCUT2D eigenvalue weighted by Gasteiger charge is -2.16. The van der Waals surface area contributed by atoms with Crippen LogP contribution in [0.4, 0.5) is 5.69 Å². The number of sulfonamides is 1. The van der Waals surface area contributed by atoms with Gasteiger partial charge >= 0.3 is 0 Å². The topological polar surface area (TPSA) is 120 Å². The number of benzene rings is 3. The van der Waals surface area contributed by atoms with Crippen molar-refractivity contribution < 1.29 is 22.8 Å². The first-order valence-corrected chi connectivity index (χ1v) is 18.0. The van der Waals surface area contributed by atoms with Crippen LogP contribution in [0, 0.1) is 17.0 Å². The molecule has 0 saturated heterocycles. The zero-order valence-electron chi connectivity index (χ0n) is 27.5. The lowest BCUT2D eigenvalue weighted by molar-refractivity contribution is -0.384. The second-order valence-corrected chi connectivity index (χ2v) is 13.2. The molecule has 46 heavy (non-hydrogen) atoms. The molecule has 0 aromatic heterocycles. The van der Waals surface area contributed by atoms with Gasteiger partial charge in [-0.1, -0.05) is 108 Å². The Balaban J connectivity index is 1.91. The highest BCUT2D eigenvalue weighted by atomic mass is 32.2. The van der Waals surface area contributed by atoms with E-state index in [9.17, 15) is 18.5 Å². The van der Waals surface area contributed by atoms with Gasteiger partial charge in [-0.3, -0.25) is 10.1 Å². The summed E-state index contributed by atoms with van der Waals surface area (Å²) in [5.41, 5.74) is 1.91. The Hall–Kier alpha value is -3.92. The number of ether oxygens (including phenoxy) is 2. The fraction of sp³-hybridized carbons (Fsp3) is 0.472. The highest BCUT2D eigenvalue weighted by molar-refractivity contribution is 7.89. The Morgan fingerprint density at radius 1 is 0.739 bits per heavy atom. The van der Waals surface area contributed by atoms with Crippen molar-refractivity contribution in [3.05, 3.63) is 93.5 Å². The Labute approximate surface area is 274 Å². The van der Waals surface area contributed by atoms with Gasteiger partial charge in [0.25, 0.3) is 15.7 Å². The Morgan fingerprint density at radius 3 is 1.91 bits per heavy atom. The second kappa shape index (κ2) is 19.6. The molecule has 9 nitrogen and oxygen atoms in total. The predicted octanol–water partition coefficient (Wildman–Crippen LogP) is 9.11. The van der Waals surface area contributed by atoms with Crippen molar-refractivity contribution in [3.63, 3.8) is 0 Å². The van der Waals surface area contributed by atoms with Crippen molar-refractivity contribution >= 4 is 21.4 Å². The minimum Gasteiger partial charge on any atom is -0.490 e. The molecule has 3 rings (SSSR count). The minimum atomic E-state index is -4.01. The molecule has 0 aliphatic rings. The van der Waals surface area contributed by atoms with Crippen LogP contribution >= 0.6 is 0 Å². The highest BCUT2D eigenvalue weighted by Gasteiger charge is 2.18. The summed E-state index contributed by atoms with van der Waals surface area (Å²) >= 11 is 0. The van der Waals surface area contributed by atoms with Crippen molar-refractivity contribution in [2.45, 2.75) is 103 Å². The van der Waals surface area contributed by atoms with Gasteiger partial charge in [0, 0.05) is 23.3 Å². The van der Waals surface area contributed by atoms with Crippen LogP contribution in [0.1, 0.15) is 108 Å². The van der Waals surface area contributed by atoms with Crippen LogP contribution in [0.25, 0.3) is 0 Å². The molecule has 0 spiro atoms. The molecule has 250 valence electrons. The molecule has 0 bridgehead atoms. The largest absolute Gasteiger partial charge is 0.490 e. The molecule has 0 radical (unpaired) electrons. The molecule has 0 aliphatic carbocycles. The summed E-state index contributed by atoms with van der Waals surface area (Å²) in [6.07, 6.45) is 13.6. The van der Waals surface area contributed by atoms with Gasteiger partial charge in [-0.2, -0.15) is 18.4 Å². The van der Waals surface area contributed by atoms with E-state index in [1.165, 1.54) is 69.2 Å². The minimum absolute atomic E-state index is 0.0571. The highest BCUT2D eigenvalue weighted by Crippen LogP contribution is 2.31. The maximum absolute atomic E-state index is 13.1. The molecule has 0 atom stereocenters. The van der Waals surface area contributed by atoms with Crippen LogP contribution in [0.15, 0.2) is 76.7 Å². The fourth-order valence-electron chi connectivity index (χ4n) is 4.95. The van der Waals surface area contributed by atoms with E-state index in [1.54, 1.807) is 42.5 Å². The Kier molecular flexibility index (Phi) is 15.5. The van der Waals surface area contributed by atoms with Crippen molar-refractivity contribution in [2.24, 2.45) is 5.10 Å². The van der Waals surface area contributed by atoms with Crippen LogP contribution in [0.3, 0.4) is 0 Å². The molecule has 0 heterocycles. The number of nitro groups is 1. The van der Waals surface area contributed by atoms with Crippen molar-refractivity contribution in [1.82, 2.24) is 4.83 Å². The quantitative estimate of drug-likeness (QED) is 0.0501. The number of nitrogens with zero attached hydrogens (tertiary/aromatic N) is 2. The van der Waals surface area contributed by atoms with E-state index in [0.29, 0.717) is 35.8 Å². The number of nitrogens with one attached hydrogen (secondary N) is 1. The number of hydrogen-bond donors (Lipinski definition) is 1. The summed E-state index contributed by atoms with van der Waals surface area (Å²) in [6, 6.07) is 17.7. The molecule has 10 heteroatoms. The first-order valence-electron chi connectivity index (χ1n) is 16.6. The number of non-ortho nitro benzene ring substituents is 1. The number of rotatable bonds is 22. The van der Waals surface area contributed by atoms with Gasteiger partial charge in [0.05, 0.1) is 28.7 Å². The van der Waals surface area contributed by atoms with Gasteiger partial charge < -0.3 is 9.47 Å². The smallest absolute Gasteiger partial charge is 0.276 e. The molecule has 3 aromatic carbocycles. The van der Waals surface area contributed by atoms with E-state index >= 15 is 0 Å². The van der Waals surface area contributed by atoms with Crippen LogP contribution in [0.5, 0.6) is 11.5 Å². The van der Waals surface area contributed by atoms with E-state index in [1.807, 2.05) is 6.92 Å². The van der Waals surface area contributed by atoms with Crippen molar-refractivity contribution in [3.8, 4) is 11.5 Å². The number of hydrazone groups is 1. The zero-order chi connectivity index (χ0) is 33.2. The maximum atomic E-state index is 13.1. The number of nitro benzene ring substituents is 1. The second-order valence-electron chi connectivity index (χ2n) is 11.6. The summed E-state index contributed by atoms with van der Waals surface area (Å²) in [4.78, 5) is 13.5. The first-order chi connectivity index (χ1) is 22.2. The molecular formula is C36H49N3O6S. The van der Waals surface area contributed by atoms with Gasteiger partial charge in [0.2, 0.25) is 0 Å². The standard InChI is InChI=1S/C36H49N3O6S/c1-4-6-8-10-12-14-25-44-34-24-21-31(28-35(34)45-26-15-13-11-9-7-5-2)36(30-17-16-18-32(27-30)39(40)41)37-38-46(42,43)33-22-19-29(3)20-23-33/h16-24,27-28,38H,4-15,25-26H2,1-3H3/b37-36+. The Morgan fingerprint density at radius 2 is 1.30 bits per heavy atom. The average molecular weight is 652 g/mol. The normalized spacial score (nSPS) is 11.8. The van der Waals surface area contributed by atoms with Crippen molar-refractivity contribution in [1.29, 1.82) is 0 Å². The third-order valence-corrected chi connectivity index (χ3v) is 8.89. The van der Waals surface area contributed by atoms with Gasteiger partial charge in [0.1, 0.15) is 0 Å². The lowest BCUT2D eigenvalue weighted by atomic mass is 10.0. The molecule has 0 amide bonds. The van der Waals surface area contributed by atoms with Gasteiger partial charge in [0.15, 0.2) is 11.5 Å². The predicted molar refractivity (Wildman–Crippen MR) is 184 cm³/mol. The molecule has 0 unspecified atom stereocenters. The number of aryl methyl sites for hydroxylation is 1. The average Bonchev–Trinajstić information content (AvgIpc) is 3.05. The summed E-state index contributed by atoms with van der Waals surface area (Å²) in [5, 5.41) is 15.9. The van der Waals surface area contributed by atoms with E-state index in [-0.39, 0.29) is 16.3 Å². The lowest BCUT2D eigenvalue weighted by Crippen LogP contribution is -2.21. The molecule has 3 aromatic rings. The summed E-state index contributed by atoms with van der Waals surface area (Å²) < 4.78 is 38.7. The summed E-state index contributed by atoms with van der Waals surface area (Å²) in [5.74, 6) is 1.12. The molecule has 1 N–H and O–H groups in total. The summed E-state index contributed by atoms with van der Waals surface area (Å²) in [6.45, 7) is 7.33. The van der Waals surface area contributed by atoms with Crippen molar-refractivity contribution in [2.75, 3.05) is 13.2 Å². The van der Waals surface area contributed by atoms with E-state index < -0.39 is 14.9 Å². The van der Waals surface area contributed by atoms with Gasteiger partial charge in [-0.05, 0) is 50.1 Å². The number of hydrogen-bond acceptors (Lipinski definition) is 7. The molecule has 0 aliphatic heterocycles. The van der Waals surface area contributed by atoms with Gasteiger partial charge in [-0.15, -0.1) is 0 Å². The maximum Gasteiger partial charge on any atom is 0.276 e. The van der Waals surface area contributed by atoms with Crippen LogP contribution in [0.2, 0.25) is 0 Å². The Bertz CT molecular complexity index is 1510. The number of unbranched alkanes of at least 4 members (excludes halogenated alkanes) is 10. The SMILES string of the molecule is CCCCCCCCOc1ccc(/C(=N/NS(=O)(=O)c2ccc(C)cc2)c2cccc([N+](=O)[O-])c2)cc1OCCCCCCCC. The van der Waals surface area contributed by atoms with E-state index in [4.69, 9.17) is 9.47 Å². The molecule has 0 fully saturated rings. The van der Waals surface area contributed by atoms with Crippen LogP contribution < -0.4 is 14.3 Å². The third kappa shape index (κ3) is 12.1.